The molecule has 3 rings (SSSR count). The standard InChI is InChI=1S/C23H20FNO7S/c1-30-22(26)16-8-11-20(23(27)31-2)21(12-16)33(28,29)25-18-4-3-5-19(13-18)32-14-15-6-9-17(24)10-7-15/h3-13,25H,14H2,1-2H3. The molecule has 10 heteroatoms. The van der Waals surface area contributed by atoms with Gasteiger partial charge in [-0.25, -0.2) is 22.4 Å². The number of anilines is 1. The lowest BCUT2D eigenvalue weighted by Crippen LogP contribution is -2.18. The Balaban J connectivity index is 1.86. The Bertz CT molecular complexity index is 1270. The van der Waals surface area contributed by atoms with Crippen LogP contribution in [0.1, 0.15) is 26.3 Å². The molecule has 3 aromatic carbocycles. The van der Waals surface area contributed by atoms with Gasteiger partial charge in [0, 0.05) is 6.07 Å². The minimum absolute atomic E-state index is 0.0538. The van der Waals surface area contributed by atoms with Gasteiger partial charge in [0.05, 0.1) is 31.0 Å². The van der Waals surface area contributed by atoms with Gasteiger partial charge in [0.25, 0.3) is 10.0 Å². The van der Waals surface area contributed by atoms with Crippen LogP contribution in [0, 0.1) is 5.82 Å². The fourth-order valence-corrected chi connectivity index (χ4v) is 4.15. The van der Waals surface area contributed by atoms with Crippen LogP contribution in [0.3, 0.4) is 0 Å². The SMILES string of the molecule is COC(=O)c1ccc(C(=O)OC)c(S(=O)(=O)Nc2cccc(OCc3ccc(F)cc3)c2)c1. The summed E-state index contributed by atoms with van der Waals surface area (Å²) in [5, 5.41) is 0. The molecule has 3 aromatic rings. The van der Waals surface area contributed by atoms with Crippen LogP contribution >= 0.6 is 0 Å². The lowest BCUT2D eigenvalue weighted by atomic mass is 10.1. The molecule has 0 aliphatic carbocycles. The summed E-state index contributed by atoms with van der Waals surface area (Å²) in [5.74, 6) is -1.66. The minimum atomic E-state index is -4.31. The Morgan fingerprint density at radius 2 is 1.61 bits per heavy atom. The second-order valence-corrected chi connectivity index (χ2v) is 8.39. The molecule has 172 valence electrons. The summed E-state index contributed by atoms with van der Waals surface area (Å²) in [6.45, 7) is 0.143. The maximum atomic E-state index is 13.1. The monoisotopic (exact) mass is 473 g/mol. The second-order valence-electron chi connectivity index (χ2n) is 6.74. The van der Waals surface area contributed by atoms with Crippen molar-refractivity contribution in [2.24, 2.45) is 0 Å². The van der Waals surface area contributed by atoms with Gasteiger partial charge >= 0.3 is 11.9 Å². The van der Waals surface area contributed by atoms with Crippen molar-refractivity contribution in [3.63, 3.8) is 0 Å². The summed E-state index contributed by atoms with van der Waals surface area (Å²) < 4.78 is 56.5. The number of benzene rings is 3. The van der Waals surface area contributed by atoms with Crippen molar-refractivity contribution < 1.29 is 36.6 Å². The number of sulfonamides is 1. The topological polar surface area (TPSA) is 108 Å². The number of hydrogen-bond acceptors (Lipinski definition) is 7. The highest BCUT2D eigenvalue weighted by atomic mass is 32.2. The molecule has 0 saturated heterocycles. The van der Waals surface area contributed by atoms with Gasteiger partial charge in [0.1, 0.15) is 23.1 Å². The highest BCUT2D eigenvalue weighted by molar-refractivity contribution is 7.92. The summed E-state index contributed by atoms with van der Waals surface area (Å²) in [5.41, 5.74) is 0.582. The lowest BCUT2D eigenvalue weighted by Gasteiger charge is -2.13. The van der Waals surface area contributed by atoms with Crippen LogP contribution < -0.4 is 9.46 Å². The summed E-state index contributed by atoms with van der Waals surface area (Å²) in [6.07, 6.45) is 0. The number of esters is 2. The van der Waals surface area contributed by atoms with Crippen molar-refractivity contribution >= 4 is 27.6 Å². The van der Waals surface area contributed by atoms with E-state index < -0.39 is 26.9 Å². The van der Waals surface area contributed by atoms with Crippen molar-refractivity contribution in [3.8, 4) is 5.75 Å². The van der Waals surface area contributed by atoms with E-state index in [0.717, 1.165) is 25.8 Å². The zero-order valence-electron chi connectivity index (χ0n) is 17.7. The highest BCUT2D eigenvalue weighted by Gasteiger charge is 2.25. The maximum absolute atomic E-state index is 13.1. The average Bonchev–Trinajstić information content (AvgIpc) is 2.82. The number of methoxy groups -OCH3 is 2. The fraction of sp³-hybridized carbons (Fsp3) is 0.130. The third-order valence-corrected chi connectivity index (χ3v) is 5.92. The molecular weight excluding hydrogens is 453 g/mol. The van der Waals surface area contributed by atoms with Gasteiger partial charge < -0.3 is 14.2 Å². The number of nitrogens with one attached hydrogen (secondary N) is 1. The molecule has 0 spiro atoms. The van der Waals surface area contributed by atoms with Gasteiger partial charge in [-0.1, -0.05) is 18.2 Å². The number of carbonyl (C=O) groups excluding carboxylic acids is 2. The quantitative estimate of drug-likeness (QED) is 0.496. The van der Waals surface area contributed by atoms with Crippen LogP contribution in [0.5, 0.6) is 5.75 Å². The van der Waals surface area contributed by atoms with E-state index >= 15 is 0 Å². The first-order valence-electron chi connectivity index (χ1n) is 9.54. The minimum Gasteiger partial charge on any atom is -0.489 e. The second kappa shape index (κ2) is 10.1. The van der Waals surface area contributed by atoms with Crippen LogP contribution in [-0.4, -0.2) is 34.6 Å². The first kappa shape index (κ1) is 23.7. The smallest absolute Gasteiger partial charge is 0.339 e. The van der Waals surface area contributed by atoms with Crippen molar-refractivity contribution in [3.05, 3.63) is 89.2 Å². The Labute approximate surface area is 190 Å². The number of carbonyl (C=O) groups is 2. The molecule has 0 aliphatic heterocycles. The predicted octanol–water partition coefficient (Wildman–Crippen LogP) is 3.78. The molecule has 0 fully saturated rings. The number of halogens is 1. The van der Waals surface area contributed by atoms with Crippen LogP contribution in [0.25, 0.3) is 0 Å². The molecule has 0 amide bonds. The van der Waals surface area contributed by atoms with Crippen LogP contribution in [0.4, 0.5) is 10.1 Å². The molecule has 0 atom stereocenters. The summed E-state index contributed by atoms with van der Waals surface area (Å²) in [7, 11) is -2.04. The predicted molar refractivity (Wildman–Crippen MR) is 117 cm³/mol. The van der Waals surface area contributed by atoms with E-state index in [2.05, 4.69) is 14.2 Å². The van der Waals surface area contributed by atoms with Gasteiger partial charge in [0.15, 0.2) is 0 Å². The van der Waals surface area contributed by atoms with E-state index in [0.29, 0.717) is 5.75 Å². The molecular formula is C23H20FNO7S. The molecule has 8 nitrogen and oxygen atoms in total. The van der Waals surface area contributed by atoms with Gasteiger partial charge in [-0.2, -0.15) is 0 Å². The first-order valence-corrected chi connectivity index (χ1v) is 11.0. The molecule has 0 heterocycles. The lowest BCUT2D eigenvalue weighted by molar-refractivity contribution is 0.0583. The zero-order chi connectivity index (χ0) is 24.0. The highest BCUT2D eigenvalue weighted by Crippen LogP contribution is 2.25. The molecule has 0 unspecified atom stereocenters. The fourth-order valence-electron chi connectivity index (χ4n) is 2.87. The van der Waals surface area contributed by atoms with Crippen molar-refractivity contribution in [1.82, 2.24) is 0 Å². The van der Waals surface area contributed by atoms with E-state index in [1.807, 2.05) is 0 Å². The zero-order valence-corrected chi connectivity index (χ0v) is 18.5. The van der Waals surface area contributed by atoms with Gasteiger partial charge in [-0.15, -0.1) is 0 Å². The van der Waals surface area contributed by atoms with Gasteiger partial charge in [-0.05, 0) is 48.0 Å². The number of ether oxygens (including phenoxy) is 3. The third-order valence-electron chi connectivity index (χ3n) is 4.50. The molecule has 0 radical (unpaired) electrons. The Morgan fingerprint density at radius 3 is 2.27 bits per heavy atom. The maximum Gasteiger partial charge on any atom is 0.339 e. The number of hydrogen-bond donors (Lipinski definition) is 1. The molecule has 0 bridgehead atoms. The number of rotatable bonds is 8. The van der Waals surface area contributed by atoms with Crippen molar-refractivity contribution in [2.45, 2.75) is 11.5 Å². The van der Waals surface area contributed by atoms with Crippen LogP contribution in [0.2, 0.25) is 0 Å². The van der Waals surface area contributed by atoms with Gasteiger partial charge in [-0.3, -0.25) is 4.72 Å². The average molecular weight is 473 g/mol. The molecule has 0 aliphatic rings. The van der Waals surface area contributed by atoms with Crippen molar-refractivity contribution in [1.29, 1.82) is 0 Å². The van der Waals surface area contributed by atoms with Crippen molar-refractivity contribution in [2.75, 3.05) is 18.9 Å². The van der Waals surface area contributed by atoms with E-state index in [1.54, 1.807) is 24.3 Å². The van der Waals surface area contributed by atoms with E-state index in [1.165, 1.54) is 36.4 Å². The normalized spacial score (nSPS) is 10.9. The largest absolute Gasteiger partial charge is 0.489 e. The summed E-state index contributed by atoms with van der Waals surface area (Å²) >= 11 is 0. The Hall–Kier alpha value is -3.92. The van der Waals surface area contributed by atoms with E-state index in [9.17, 15) is 22.4 Å². The summed E-state index contributed by atoms with van der Waals surface area (Å²) in [4.78, 5) is 23.5. The van der Waals surface area contributed by atoms with Crippen LogP contribution in [-0.2, 0) is 26.1 Å². The Kier molecular flexibility index (Phi) is 7.29. The molecule has 0 saturated carbocycles. The van der Waals surface area contributed by atoms with E-state index in [-0.39, 0.29) is 29.2 Å². The third kappa shape index (κ3) is 5.86. The summed E-state index contributed by atoms with van der Waals surface area (Å²) in [6, 6.07) is 15.4. The molecule has 0 aromatic heterocycles. The Morgan fingerprint density at radius 1 is 0.909 bits per heavy atom. The first-order chi connectivity index (χ1) is 15.7. The molecule has 1 N–H and O–H groups in total. The van der Waals surface area contributed by atoms with Crippen LogP contribution in [0.15, 0.2) is 71.6 Å². The van der Waals surface area contributed by atoms with Gasteiger partial charge in [0.2, 0.25) is 0 Å². The van der Waals surface area contributed by atoms with E-state index in [4.69, 9.17) is 4.74 Å². The molecule has 33 heavy (non-hydrogen) atoms.